The summed E-state index contributed by atoms with van der Waals surface area (Å²) in [4.78, 5) is 2.31. The minimum atomic E-state index is 0.639. The first-order valence-corrected chi connectivity index (χ1v) is 7.14. The van der Waals surface area contributed by atoms with Crippen molar-refractivity contribution in [3.63, 3.8) is 0 Å². The van der Waals surface area contributed by atoms with Crippen molar-refractivity contribution in [2.24, 2.45) is 5.73 Å². The van der Waals surface area contributed by atoms with Crippen LogP contribution in [0.5, 0.6) is 0 Å². The average Bonchev–Trinajstić information content (AvgIpc) is 2.33. The summed E-state index contributed by atoms with van der Waals surface area (Å²) in [6.45, 7) is 10.0. The quantitative estimate of drug-likeness (QED) is 0.907. The Labute approximate surface area is 122 Å². The van der Waals surface area contributed by atoms with Gasteiger partial charge in [0, 0.05) is 24.5 Å². The summed E-state index contributed by atoms with van der Waals surface area (Å²) in [5, 5.41) is 0. The van der Waals surface area contributed by atoms with E-state index in [1.807, 2.05) is 0 Å². The van der Waals surface area contributed by atoms with Crippen molar-refractivity contribution >= 4 is 11.4 Å². The molecule has 2 aromatic carbocycles. The Morgan fingerprint density at radius 2 is 1.05 bits per heavy atom. The topological polar surface area (TPSA) is 29.3 Å². The monoisotopic (exact) mass is 268 g/mol. The third kappa shape index (κ3) is 3.40. The van der Waals surface area contributed by atoms with Gasteiger partial charge in [0.1, 0.15) is 0 Å². The van der Waals surface area contributed by atoms with Gasteiger partial charge in [0.05, 0.1) is 0 Å². The highest BCUT2D eigenvalue weighted by molar-refractivity contribution is 5.66. The molecule has 0 atom stereocenters. The van der Waals surface area contributed by atoms with Gasteiger partial charge in [0.2, 0.25) is 0 Å². The maximum Gasteiger partial charge on any atom is 0.0416 e. The standard InChI is InChI=1S/C18H24N2/c1-13-7-14(2)10-17(9-13)20(6-5-19)18-11-15(3)8-16(4)12-18/h7-12H,5-6,19H2,1-4H3. The molecule has 0 saturated carbocycles. The fraction of sp³-hybridized carbons (Fsp3) is 0.333. The second kappa shape index (κ2) is 6.10. The molecule has 0 heterocycles. The Kier molecular flexibility index (Phi) is 4.46. The summed E-state index contributed by atoms with van der Waals surface area (Å²) in [5.74, 6) is 0. The van der Waals surface area contributed by atoms with Crippen LogP contribution in [0.4, 0.5) is 11.4 Å². The SMILES string of the molecule is Cc1cc(C)cc(N(CCN)c2cc(C)cc(C)c2)c1. The summed E-state index contributed by atoms with van der Waals surface area (Å²) < 4.78 is 0. The molecule has 20 heavy (non-hydrogen) atoms. The Morgan fingerprint density at radius 3 is 1.35 bits per heavy atom. The van der Waals surface area contributed by atoms with Crippen LogP contribution in [0.2, 0.25) is 0 Å². The lowest BCUT2D eigenvalue weighted by Crippen LogP contribution is -2.25. The van der Waals surface area contributed by atoms with Gasteiger partial charge in [-0.15, -0.1) is 0 Å². The molecule has 0 spiro atoms. The maximum atomic E-state index is 5.81. The zero-order chi connectivity index (χ0) is 14.7. The Hall–Kier alpha value is -1.80. The van der Waals surface area contributed by atoms with Gasteiger partial charge in [-0.2, -0.15) is 0 Å². The third-order valence-electron chi connectivity index (χ3n) is 3.39. The molecule has 0 aromatic heterocycles. The summed E-state index contributed by atoms with van der Waals surface area (Å²) in [7, 11) is 0. The largest absolute Gasteiger partial charge is 0.340 e. The van der Waals surface area contributed by atoms with Gasteiger partial charge in [-0.25, -0.2) is 0 Å². The molecule has 0 radical (unpaired) electrons. The average molecular weight is 268 g/mol. The molecule has 2 aromatic rings. The summed E-state index contributed by atoms with van der Waals surface area (Å²) in [6.07, 6.45) is 0. The van der Waals surface area contributed by atoms with E-state index >= 15 is 0 Å². The van der Waals surface area contributed by atoms with Crippen LogP contribution in [0.25, 0.3) is 0 Å². The van der Waals surface area contributed by atoms with Gasteiger partial charge >= 0.3 is 0 Å². The number of hydrogen-bond donors (Lipinski definition) is 1. The minimum Gasteiger partial charge on any atom is -0.340 e. The van der Waals surface area contributed by atoms with E-state index in [4.69, 9.17) is 5.73 Å². The van der Waals surface area contributed by atoms with E-state index in [0.29, 0.717) is 6.54 Å². The van der Waals surface area contributed by atoms with E-state index < -0.39 is 0 Å². The summed E-state index contributed by atoms with van der Waals surface area (Å²) in [5.41, 5.74) is 13.4. The third-order valence-corrected chi connectivity index (χ3v) is 3.39. The molecule has 0 saturated heterocycles. The molecule has 106 valence electrons. The smallest absolute Gasteiger partial charge is 0.0416 e. The van der Waals surface area contributed by atoms with E-state index in [9.17, 15) is 0 Å². The lowest BCUT2D eigenvalue weighted by Gasteiger charge is -2.26. The number of hydrogen-bond acceptors (Lipinski definition) is 2. The van der Waals surface area contributed by atoms with Crippen molar-refractivity contribution in [2.45, 2.75) is 27.7 Å². The molecule has 2 N–H and O–H groups in total. The van der Waals surface area contributed by atoms with Crippen LogP contribution < -0.4 is 10.6 Å². The molecular formula is C18H24N2. The van der Waals surface area contributed by atoms with E-state index in [0.717, 1.165) is 6.54 Å². The highest BCUT2D eigenvalue weighted by atomic mass is 15.1. The van der Waals surface area contributed by atoms with Crippen LogP contribution in [0, 0.1) is 27.7 Å². The predicted octanol–water partition coefficient (Wildman–Crippen LogP) is 4.02. The van der Waals surface area contributed by atoms with Crippen LogP contribution in [-0.4, -0.2) is 13.1 Å². The van der Waals surface area contributed by atoms with Crippen LogP contribution in [0.15, 0.2) is 36.4 Å². The fourth-order valence-electron chi connectivity index (χ4n) is 2.75. The van der Waals surface area contributed by atoms with E-state index in [-0.39, 0.29) is 0 Å². The Morgan fingerprint density at radius 1 is 0.700 bits per heavy atom. The molecule has 0 aliphatic rings. The number of benzene rings is 2. The lowest BCUT2D eigenvalue weighted by molar-refractivity contribution is 0.919. The van der Waals surface area contributed by atoms with Crippen molar-refractivity contribution in [3.8, 4) is 0 Å². The molecule has 2 heteroatoms. The van der Waals surface area contributed by atoms with E-state index in [1.54, 1.807) is 0 Å². The molecule has 0 unspecified atom stereocenters. The van der Waals surface area contributed by atoms with Crippen molar-refractivity contribution in [3.05, 3.63) is 58.7 Å². The fourth-order valence-corrected chi connectivity index (χ4v) is 2.75. The van der Waals surface area contributed by atoms with Gasteiger partial charge in [-0.05, 0) is 74.2 Å². The number of nitrogens with zero attached hydrogens (tertiary/aromatic N) is 1. The highest BCUT2D eigenvalue weighted by Crippen LogP contribution is 2.28. The van der Waals surface area contributed by atoms with Gasteiger partial charge in [-0.3, -0.25) is 0 Å². The molecule has 0 amide bonds. The second-order valence-electron chi connectivity index (χ2n) is 5.63. The molecule has 2 rings (SSSR count). The van der Waals surface area contributed by atoms with Crippen molar-refractivity contribution < 1.29 is 0 Å². The van der Waals surface area contributed by atoms with Crippen molar-refractivity contribution in [1.82, 2.24) is 0 Å². The Bertz CT molecular complexity index is 510. The van der Waals surface area contributed by atoms with Crippen LogP contribution >= 0.6 is 0 Å². The first kappa shape index (κ1) is 14.6. The van der Waals surface area contributed by atoms with Crippen LogP contribution in [0.3, 0.4) is 0 Å². The molecule has 0 fully saturated rings. The number of nitrogens with two attached hydrogens (primary N) is 1. The zero-order valence-corrected chi connectivity index (χ0v) is 12.9. The second-order valence-corrected chi connectivity index (χ2v) is 5.63. The first-order valence-electron chi connectivity index (χ1n) is 7.14. The summed E-state index contributed by atoms with van der Waals surface area (Å²) >= 11 is 0. The normalized spacial score (nSPS) is 10.7. The Balaban J connectivity index is 2.49. The van der Waals surface area contributed by atoms with Gasteiger partial charge in [-0.1, -0.05) is 12.1 Å². The van der Waals surface area contributed by atoms with E-state index in [1.165, 1.54) is 33.6 Å². The summed E-state index contributed by atoms with van der Waals surface area (Å²) in [6, 6.07) is 13.3. The number of anilines is 2. The maximum absolute atomic E-state index is 5.81. The highest BCUT2D eigenvalue weighted by Gasteiger charge is 2.10. The van der Waals surface area contributed by atoms with Gasteiger partial charge in [0.15, 0.2) is 0 Å². The molecule has 0 aliphatic heterocycles. The molecular weight excluding hydrogens is 244 g/mol. The molecule has 0 bridgehead atoms. The molecule has 0 aliphatic carbocycles. The van der Waals surface area contributed by atoms with Crippen LogP contribution in [0.1, 0.15) is 22.3 Å². The van der Waals surface area contributed by atoms with Gasteiger partial charge < -0.3 is 10.6 Å². The lowest BCUT2D eigenvalue weighted by atomic mass is 10.1. The minimum absolute atomic E-state index is 0.639. The first-order chi connectivity index (χ1) is 9.49. The van der Waals surface area contributed by atoms with E-state index in [2.05, 4.69) is 69.0 Å². The number of aryl methyl sites for hydroxylation is 4. The van der Waals surface area contributed by atoms with Crippen LogP contribution in [-0.2, 0) is 0 Å². The molecule has 2 nitrogen and oxygen atoms in total. The zero-order valence-electron chi connectivity index (χ0n) is 12.9. The van der Waals surface area contributed by atoms with Crippen molar-refractivity contribution in [1.29, 1.82) is 0 Å². The predicted molar refractivity (Wildman–Crippen MR) is 87.9 cm³/mol. The number of rotatable bonds is 4. The van der Waals surface area contributed by atoms with Crippen molar-refractivity contribution in [2.75, 3.05) is 18.0 Å². The van der Waals surface area contributed by atoms with Gasteiger partial charge in [0.25, 0.3) is 0 Å².